The molecule has 0 aliphatic carbocycles. The molecule has 1 aliphatic heterocycles. The molecule has 0 radical (unpaired) electrons. The van der Waals surface area contributed by atoms with Gasteiger partial charge < -0.3 is 19.9 Å². The predicted octanol–water partition coefficient (Wildman–Crippen LogP) is 3.15. The number of carbonyl (C=O) groups is 1. The van der Waals surface area contributed by atoms with Crippen molar-refractivity contribution in [2.45, 2.75) is 26.4 Å². The molecule has 2 amide bonds. The summed E-state index contributed by atoms with van der Waals surface area (Å²) in [6, 6.07) is 2.60. The lowest BCUT2D eigenvalue weighted by Gasteiger charge is -2.22. The second-order valence-electron chi connectivity index (χ2n) is 5.93. The first kappa shape index (κ1) is 19.8. The van der Waals surface area contributed by atoms with Gasteiger partial charge in [-0.05, 0) is 32.0 Å². The summed E-state index contributed by atoms with van der Waals surface area (Å²) in [5, 5.41) is 13.4. The van der Waals surface area contributed by atoms with Gasteiger partial charge in [-0.25, -0.2) is 4.79 Å². The van der Waals surface area contributed by atoms with E-state index >= 15 is 0 Å². The molecule has 1 aliphatic rings. The molecular formula is C16H22F2N4O4. The van der Waals surface area contributed by atoms with Crippen molar-refractivity contribution in [2.24, 2.45) is 0 Å². The third-order valence-corrected chi connectivity index (χ3v) is 4.05. The third kappa shape index (κ3) is 5.51. The molecule has 1 fully saturated rings. The molecular weight excluding hydrogens is 350 g/mol. The number of benzene rings is 1. The Bertz CT molecular complexity index is 645. The summed E-state index contributed by atoms with van der Waals surface area (Å²) in [4.78, 5) is 26.5. The molecule has 1 aromatic rings. The number of carbonyl (C=O) groups excluding carboxylic acids is 1. The standard InChI is InChI=1S/C16H22F2N4O4/c1-2-6-20-7-3-8-21(10-9-20)16(23)19-13-11-12(22(24)25)4-5-14(13)26-15(17)18/h4-5,11,15H,2-3,6-10H2,1H3,(H,19,23). The van der Waals surface area contributed by atoms with E-state index in [2.05, 4.69) is 21.9 Å². The van der Waals surface area contributed by atoms with Gasteiger partial charge >= 0.3 is 12.6 Å². The van der Waals surface area contributed by atoms with Crippen LogP contribution in [0.25, 0.3) is 0 Å². The summed E-state index contributed by atoms with van der Waals surface area (Å²) >= 11 is 0. The maximum absolute atomic E-state index is 12.5. The lowest BCUT2D eigenvalue weighted by Crippen LogP contribution is -2.38. The number of alkyl halides is 2. The second kappa shape index (κ2) is 9.27. The number of non-ortho nitro benzene ring substituents is 1. The van der Waals surface area contributed by atoms with E-state index in [1.165, 1.54) is 0 Å². The Morgan fingerprint density at radius 1 is 1.35 bits per heavy atom. The van der Waals surface area contributed by atoms with Crippen molar-refractivity contribution in [1.29, 1.82) is 0 Å². The van der Waals surface area contributed by atoms with E-state index in [1.54, 1.807) is 4.90 Å². The van der Waals surface area contributed by atoms with Gasteiger partial charge in [-0.1, -0.05) is 6.92 Å². The number of hydrogen-bond donors (Lipinski definition) is 1. The van der Waals surface area contributed by atoms with Crippen LogP contribution in [0.1, 0.15) is 19.8 Å². The number of ether oxygens (including phenoxy) is 1. The number of urea groups is 1. The van der Waals surface area contributed by atoms with Crippen LogP contribution in [0.4, 0.5) is 25.0 Å². The van der Waals surface area contributed by atoms with Gasteiger partial charge in [0.15, 0.2) is 0 Å². The molecule has 1 saturated heterocycles. The normalized spacial score (nSPS) is 15.6. The Labute approximate surface area is 149 Å². The zero-order valence-corrected chi connectivity index (χ0v) is 14.5. The summed E-state index contributed by atoms with van der Waals surface area (Å²) in [7, 11) is 0. The van der Waals surface area contributed by atoms with Gasteiger partial charge in [-0.15, -0.1) is 0 Å². The van der Waals surface area contributed by atoms with Crippen LogP contribution in [0.15, 0.2) is 18.2 Å². The van der Waals surface area contributed by atoms with E-state index in [-0.39, 0.29) is 17.1 Å². The monoisotopic (exact) mass is 372 g/mol. The van der Waals surface area contributed by atoms with E-state index in [4.69, 9.17) is 0 Å². The van der Waals surface area contributed by atoms with Gasteiger partial charge in [0, 0.05) is 31.8 Å². The Morgan fingerprint density at radius 3 is 2.77 bits per heavy atom. The molecule has 26 heavy (non-hydrogen) atoms. The summed E-state index contributed by atoms with van der Waals surface area (Å²) in [5.74, 6) is -0.318. The molecule has 10 heteroatoms. The molecule has 0 bridgehead atoms. The molecule has 1 aromatic carbocycles. The average molecular weight is 372 g/mol. The number of nitrogens with one attached hydrogen (secondary N) is 1. The van der Waals surface area contributed by atoms with E-state index in [9.17, 15) is 23.7 Å². The molecule has 0 aromatic heterocycles. The van der Waals surface area contributed by atoms with Crippen molar-refractivity contribution in [3.8, 4) is 5.75 Å². The van der Waals surface area contributed by atoms with Gasteiger partial charge in [0.05, 0.1) is 10.6 Å². The van der Waals surface area contributed by atoms with Crippen LogP contribution < -0.4 is 10.1 Å². The lowest BCUT2D eigenvalue weighted by atomic mass is 10.2. The van der Waals surface area contributed by atoms with Gasteiger partial charge in [-0.2, -0.15) is 8.78 Å². The van der Waals surface area contributed by atoms with Crippen molar-refractivity contribution in [3.63, 3.8) is 0 Å². The Balaban J connectivity index is 2.11. The first-order valence-corrected chi connectivity index (χ1v) is 8.42. The van der Waals surface area contributed by atoms with E-state index < -0.39 is 17.6 Å². The van der Waals surface area contributed by atoms with Crippen molar-refractivity contribution in [2.75, 3.05) is 38.0 Å². The smallest absolute Gasteiger partial charge is 0.387 e. The summed E-state index contributed by atoms with van der Waals surface area (Å²) < 4.78 is 29.4. The number of amides is 2. The molecule has 0 saturated carbocycles. The zero-order chi connectivity index (χ0) is 19.1. The fourth-order valence-electron chi connectivity index (χ4n) is 2.84. The number of rotatable bonds is 6. The predicted molar refractivity (Wildman–Crippen MR) is 91.7 cm³/mol. The molecule has 144 valence electrons. The molecule has 0 atom stereocenters. The Hall–Kier alpha value is -2.49. The minimum atomic E-state index is -3.10. The third-order valence-electron chi connectivity index (χ3n) is 4.05. The van der Waals surface area contributed by atoms with E-state index in [0.29, 0.717) is 13.1 Å². The van der Waals surface area contributed by atoms with Crippen LogP contribution in [-0.2, 0) is 0 Å². The molecule has 0 spiro atoms. The van der Waals surface area contributed by atoms with Crippen molar-refractivity contribution >= 4 is 17.4 Å². The molecule has 2 rings (SSSR count). The van der Waals surface area contributed by atoms with Crippen molar-refractivity contribution in [1.82, 2.24) is 9.80 Å². The minimum Gasteiger partial charge on any atom is -0.433 e. The van der Waals surface area contributed by atoms with Gasteiger partial charge in [-0.3, -0.25) is 10.1 Å². The molecule has 8 nitrogen and oxygen atoms in total. The van der Waals surface area contributed by atoms with E-state index in [0.717, 1.165) is 50.7 Å². The highest BCUT2D eigenvalue weighted by atomic mass is 19.3. The van der Waals surface area contributed by atoms with Crippen molar-refractivity contribution in [3.05, 3.63) is 28.3 Å². The van der Waals surface area contributed by atoms with Gasteiger partial charge in [0.2, 0.25) is 0 Å². The topological polar surface area (TPSA) is 88.0 Å². The summed E-state index contributed by atoms with van der Waals surface area (Å²) in [5.41, 5.74) is -0.480. The second-order valence-corrected chi connectivity index (χ2v) is 5.93. The van der Waals surface area contributed by atoms with Gasteiger partial charge in [0.1, 0.15) is 5.75 Å². The highest BCUT2D eigenvalue weighted by Gasteiger charge is 2.22. The fraction of sp³-hybridized carbons (Fsp3) is 0.562. The molecule has 1 N–H and O–H groups in total. The van der Waals surface area contributed by atoms with Crippen LogP contribution >= 0.6 is 0 Å². The number of nitro benzene ring substituents is 1. The van der Waals surface area contributed by atoms with Crippen molar-refractivity contribution < 1.29 is 23.2 Å². The number of nitro groups is 1. The van der Waals surface area contributed by atoms with Crippen LogP contribution in [0, 0.1) is 10.1 Å². The fourth-order valence-corrected chi connectivity index (χ4v) is 2.84. The largest absolute Gasteiger partial charge is 0.433 e. The van der Waals surface area contributed by atoms with Gasteiger partial charge in [0.25, 0.3) is 5.69 Å². The number of halogens is 2. The maximum atomic E-state index is 12.5. The summed E-state index contributed by atoms with van der Waals surface area (Å²) in [6.07, 6.45) is 1.82. The van der Waals surface area contributed by atoms with Crippen LogP contribution in [-0.4, -0.2) is 60.1 Å². The average Bonchev–Trinajstić information content (AvgIpc) is 2.82. The first-order valence-electron chi connectivity index (χ1n) is 8.42. The maximum Gasteiger partial charge on any atom is 0.387 e. The number of anilines is 1. The highest BCUT2D eigenvalue weighted by molar-refractivity contribution is 5.91. The quantitative estimate of drug-likeness (QED) is 0.612. The SMILES string of the molecule is CCCN1CCCN(C(=O)Nc2cc([N+](=O)[O-])ccc2OC(F)F)CC1. The molecule has 0 unspecified atom stereocenters. The van der Waals surface area contributed by atoms with Crippen LogP contribution in [0.2, 0.25) is 0 Å². The molecule has 1 heterocycles. The number of nitrogens with zero attached hydrogens (tertiary/aromatic N) is 3. The highest BCUT2D eigenvalue weighted by Crippen LogP contribution is 2.30. The Morgan fingerprint density at radius 2 is 2.12 bits per heavy atom. The van der Waals surface area contributed by atoms with Crippen LogP contribution in [0.5, 0.6) is 5.75 Å². The lowest BCUT2D eigenvalue weighted by molar-refractivity contribution is -0.384. The minimum absolute atomic E-state index is 0.154. The zero-order valence-electron chi connectivity index (χ0n) is 14.5. The summed E-state index contributed by atoms with van der Waals surface area (Å²) in [6.45, 7) is 2.55. The first-order chi connectivity index (χ1) is 12.4. The Kier molecular flexibility index (Phi) is 7.07. The number of hydrogen-bond acceptors (Lipinski definition) is 5. The van der Waals surface area contributed by atoms with Crippen LogP contribution in [0.3, 0.4) is 0 Å². The van der Waals surface area contributed by atoms with E-state index in [1.807, 2.05) is 0 Å².